The highest BCUT2D eigenvalue weighted by molar-refractivity contribution is 5.30. The molecular weight excluding hydrogens is 269 g/mol. The number of alkyl halides is 3. The van der Waals surface area contributed by atoms with Gasteiger partial charge in [0.15, 0.2) is 5.60 Å². The Labute approximate surface area is 117 Å². The summed E-state index contributed by atoms with van der Waals surface area (Å²) in [5.41, 5.74) is -1.35. The summed E-state index contributed by atoms with van der Waals surface area (Å²) in [6.45, 7) is 4.24. The fourth-order valence-corrected chi connectivity index (χ4v) is 1.94. The van der Waals surface area contributed by atoms with Crippen molar-refractivity contribution in [3.8, 4) is 0 Å². The highest BCUT2D eigenvalue weighted by Gasteiger charge is 2.53. The molecule has 0 radical (unpaired) electrons. The van der Waals surface area contributed by atoms with E-state index in [9.17, 15) is 13.2 Å². The number of rotatable bonds is 6. The third-order valence-corrected chi connectivity index (χ3v) is 3.67. The minimum atomic E-state index is -4.54. The van der Waals surface area contributed by atoms with E-state index in [1.165, 1.54) is 12.1 Å². The van der Waals surface area contributed by atoms with E-state index in [4.69, 9.17) is 9.84 Å². The predicted molar refractivity (Wildman–Crippen MR) is 71.6 cm³/mol. The normalized spacial score (nSPS) is 16.8. The summed E-state index contributed by atoms with van der Waals surface area (Å²) in [7, 11) is 0. The molecule has 2 atom stereocenters. The van der Waals surface area contributed by atoms with Gasteiger partial charge in [0.05, 0.1) is 13.2 Å². The predicted octanol–water partition coefficient (Wildman–Crippen LogP) is 3.99. The monoisotopic (exact) mass is 290 g/mol. The van der Waals surface area contributed by atoms with Gasteiger partial charge in [-0.2, -0.15) is 13.2 Å². The van der Waals surface area contributed by atoms with Crippen LogP contribution in [-0.4, -0.2) is 24.5 Å². The van der Waals surface area contributed by atoms with Crippen molar-refractivity contribution in [1.29, 1.82) is 0 Å². The van der Waals surface area contributed by atoms with Crippen molar-refractivity contribution in [3.05, 3.63) is 35.4 Å². The zero-order chi connectivity index (χ0) is 15.4. The van der Waals surface area contributed by atoms with E-state index in [0.29, 0.717) is 5.92 Å². The Morgan fingerprint density at radius 2 is 1.75 bits per heavy atom. The summed E-state index contributed by atoms with van der Waals surface area (Å²) in [6.07, 6.45) is -3.61. The molecule has 0 fully saturated rings. The standard InChI is InChI=1S/C15H21F3O2/c1-4-11(2)12-5-7-13(8-6-12)14(3,15(16,17)18)20-10-9-19/h5-8,11,19H,4,9-10H2,1-3H3. The first-order chi connectivity index (χ1) is 9.26. The second kappa shape index (κ2) is 6.59. The van der Waals surface area contributed by atoms with Crippen molar-refractivity contribution in [2.75, 3.05) is 13.2 Å². The van der Waals surface area contributed by atoms with E-state index >= 15 is 0 Å². The van der Waals surface area contributed by atoms with Crippen LogP contribution in [0.15, 0.2) is 24.3 Å². The summed E-state index contributed by atoms with van der Waals surface area (Å²) in [5.74, 6) is 0.305. The zero-order valence-corrected chi connectivity index (χ0v) is 12.0. The quantitative estimate of drug-likeness (QED) is 0.858. The molecule has 0 amide bonds. The lowest BCUT2D eigenvalue weighted by Crippen LogP contribution is -2.42. The molecule has 0 saturated carbocycles. The maximum absolute atomic E-state index is 13.2. The highest BCUT2D eigenvalue weighted by Crippen LogP contribution is 2.42. The van der Waals surface area contributed by atoms with E-state index in [2.05, 4.69) is 0 Å². The largest absolute Gasteiger partial charge is 0.421 e. The molecule has 1 aromatic rings. The fourth-order valence-electron chi connectivity index (χ4n) is 1.94. The summed E-state index contributed by atoms with van der Waals surface area (Å²) in [6, 6.07) is 6.31. The first kappa shape index (κ1) is 17.0. The summed E-state index contributed by atoms with van der Waals surface area (Å²) >= 11 is 0. The Balaban J connectivity index is 3.09. The molecule has 0 aliphatic heterocycles. The van der Waals surface area contributed by atoms with E-state index < -0.39 is 18.4 Å². The van der Waals surface area contributed by atoms with Crippen LogP contribution in [0.5, 0.6) is 0 Å². The van der Waals surface area contributed by atoms with Gasteiger partial charge in [-0.1, -0.05) is 38.1 Å². The van der Waals surface area contributed by atoms with Crippen LogP contribution < -0.4 is 0 Å². The lowest BCUT2D eigenvalue weighted by molar-refractivity contribution is -0.279. The number of ether oxygens (including phenoxy) is 1. The molecule has 0 aromatic heterocycles. The fraction of sp³-hybridized carbons (Fsp3) is 0.600. The van der Waals surface area contributed by atoms with Gasteiger partial charge in [-0.25, -0.2) is 0 Å². The summed E-state index contributed by atoms with van der Waals surface area (Å²) in [5, 5.41) is 8.70. The minimum absolute atomic E-state index is 0.0468. The van der Waals surface area contributed by atoms with Gasteiger partial charge < -0.3 is 9.84 Å². The lowest BCUT2D eigenvalue weighted by Gasteiger charge is -2.32. The average molecular weight is 290 g/mol. The second-order valence-electron chi connectivity index (χ2n) is 5.03. The molecular formula is C15H21F3O2. The zero-order valence-electron chi connectivity index (χ0n) is 12.0. The van der Waals surface area contributed by atoms with Crippen LogP contribution in [0.4, 0.5) is 13.2 Å². The van der Waals surface area contributed by atoms with Gasteiger partial charge in [-0.05, 0) is 30.4 Å². The molecule has 5 heteroatoms. The van der Waals surface area contributed by atoms with Gasteiger partial charge in [0.25, 0.3) is 0 Å². The first-order valence-corrected chi connectivity index (χ1v) is 6.68. The Bertz CT molecular complexity index is 414. The molecule has 0 aliphatic carbocycles. The van der Waals surface area contributed by atoms with E-state index in [1.54, 1.807) is 12.1 Å². The topological polar surface area (TPSA) is 29.5 Å². The van der Waals surface area contributed by atoms with Gasteiger partial charge in [-0.3, -0.25) is 0 Å². The Hall–Kier alpha value is -1.07. The van der Waals surface area contributed by atoms with Crippen molar-refractivity contribution in [3.63, 3.8) is 0 Å². The van der Waals surface area contributed by atoms with Crippen LogP contribution in [0.2, 0.25) is 0 Å². The van der Waals surface area contributed by atoms with Crippen molar-refractivity contribution < 1.29 is 23.0 Å². The third-order valence-electron chi connectivity index (χ3n) is 3.67. The number of aliphatic hydroxyl groups excluding tert-OH is 1. The van der Waals surface area contributed by atoms with Crippen LogP contribution in [0, 0.1) is 0 Å². The van der Waals surface area contributed by atoms with Crippen molar-refractivity contribution in [2.45, 2.75) is 44.9 Å². The Kier molecular flexibility index (Phi) is 5.59. The molecule has 0 heterocycles. The number of halogens is 3. The molecule has 1 aromatic carbocycles. The van der Waals surface area contributed by atoms with Crippen LogP contribution in [-0.2, 0) is 10.3 Å². The number of hydrogen-bond donors (Lipinski definition) is 1. The van der Waals surface area contributed by atoms with Crippen LogP contribution in [0.25, 0.3) is 0 Å². The van der Waals surface area contributed by atoms with Gasteiger partial charge in [0.2, 0.25) is 0 Å². The summed E-state index contributed by atoms with van der Waals surface area (Å²) in [4.78, 5) is 0. The number of benzene rings is 1. The number of hydrogen-bond acceptors (Lipinski definition) is 2. The summed E-state index contributed by atoms with van der Waals surface area (Å²) < 4.78 is 44.6. The Morgan fingerprint density at radius 3 is 2.15 bits per heavy atom. The molecule has 0 saturated heterocycles. The SMILES string of the molecule is CCC(C)c1ccc(C(C)(OCCO)C(F)(F)F)cc1. The molecule has 0 aliphatic rings. The highest BCUT2D eigenvalue weighted by atomic mass is 19.4. The molecule has 2 nitrogen and oxygen atoms in total. The van der Waals surface area contributed by atoms with Gasteiger partial charge in [0, 0.05) is 0 Å². The van der Waals surface area contributed by atoms with E-state index in [-0.39, 0.29) is 12.2 Å². The molecule has 2 unspecified atom stereocenters. The van der Waals surface area contributed by atoms with Gasteiger partial charge in [-0.15, -0.1) is 0 Å². The third kappa shape index (κ3) is 3.52. The van der Waals surface area contributed by atoms with Crippen molar-refractivity contribution in [1.82, 2.24) is 0 Å². The average Bonchev–Trinajstić information content (AvgIpc) is 2.42. The molecule has 1 N–H and O–H groups in total. The van der Waals surface area contributed by atoms with Crippen LogP contribution in [0.3, 0.4) is 0 Å². The Morgan fingerprint density at radius 1 is 1.20 bits per heavy atom. The molecule has 114 valence electrons. The molecule has 0 bridgehead atoms. The van der Waals surface area contributed by atoms with Crippen molar-refractivity contribution in [2.24, 2.45) is 0 Å². The van der Waals surface area contributed by atoms with Crippen LogP contribution in [0.1, 0.15) is 44.2 Å². The number of aliphatic hydroxyl groups is 1. The maximum atomic E-state index is 13.2. The van der Waals surface area contributed by atoms with Gasteiger partial charge in [0.1, 0.15) is 0 Å². The van der Waals surface area contributed by atoms with Crippen LogP contribution >= 0.6 is 0 Å². The first-order valence-electron chi connectivity index (χ1n) is 6.68. The van der Waals surface area contributed by atoms with E-state index in [1.807, 2.05) is 13.8 Å². The molecule has 0 spiro atoms. The second-order valence-corrected chi connectivity index (χ2v) is 5.03. The molecule has 1 rings (SSSR count). The minimum Gasteiger partial charge on any atom is -0.394 e. The van der Waals surface area contributed by atoms with Crippen molar-refractivity contribution >= 4 is 0 Å². The smallest absolute Gasteiger partial charge is 0.394 e. The van der Waals surface area contributed by atoms with E-state index in [0.717, 1.165) is 18.9 Å². The maximum Gasteiger partial charge on any atom is 0.421 e. The molecule has 20 heavy (non-hydrogen) atoms. The lowest BCUT2D eigenvalue weighted by atomic mass is 9.91. The van der Waals surface area contributed by atoms with Gasteiger partial charge >= 0.3 is 6.18 Å².